The summed E-state index contributed by atoms with van der Waals surface area (Å²) in [6.45, 7) is 0. The Balaban J connectivity index is 1.18. The van der Waals surface area contributed by atoms with Crippen LogP contribution in [0.15, 0.2) is 212 Å². The Bertz CT molecular complexity index is 3230. The van der Waals surface area contributed by atoms with Crippen LogP contribution < -0.4 is 15.9 Å². The number of hydrogen-bond acceptors (Lipinski definition) is 2. The van der Waals surface area contributed by atoms with Gasteiger partial charge in [0.2, 0.25) is 0 Å². The number of hydrogen-bond donors (Lipinski definition) is 0. The summed E-state index contributed by atoms with van der Waals surface area (Å²) in [5.41, 5.74) is 6.84. The van der Waals surface area contributed by atoms with Gasteiger partial charge in [-0.1, -0.05) is 200 Å². The van der Waals surface area contributed by atoms with Crippen molar-refractivity contribution in [1.29, 1.82) is 0 Å². The van der Waals surface area contributed by atoms with Crippen molar-refractivity contribution in [3.63, 3.8) is 0 Å². The Kier molecular flexibility index (Phi) is 8.28. The van der Waals surface area contributed by atoms with Crippen molar-refractivity contribution in [2.45, 2.75) is 12.3 Å². The Labute approximate surface area is 337 Å². The lowest BCUT2D eigenvalue weighted by molar-refractivity contribution is 0.592. The quantitative estimate of drug-likeness (QED) is 0.0960. The third-order valence-corrected chi connectivity index (χ3v) is 15.1. The number of fused-ring (bicyclic) bond motifs is 7. The number of aromatic nitrogens is 1. The fourth-order valence-corrected chi connectivity index (χ4v) is 12.1. The number of para-hydroxylation sites is 1. The normalized spacial score (nSPS) is 14.2. The number of allylic oxidation sites excluding steroid dienone is 4. The SMILES string of the molecule is O=P(c1ccccc1)(c1ccccc1)c1ccc(-c2c3ccccc3c(-c3cc4c(C5C=CC=CC5)nc5ccccc5c4c4ccccc34)c3ccccc23)cc1. The first kappa shape index (κ1) is 34.4. The van der Waals surface area contributed by atoms with Crippen molar-refractivity contribution in [2.75, 3.05) is 0 Å². The van der Waals surface area contributed by atoms with Crippen LogP contribution in [0.2, 0.25) is 0 Å². The van der Waals surface area contributed by atoms with Crippen LogP contribution in [-0.2, 0) is 4.57 Å². The lowest BCUT2D eigenvalue weighted by atomic mass is 9.82. The van der Waals surface area contributed by atoms with Gasteiger partial charge in [0.05, 0.1) is 11.2 Å². The Morgan fingerprint density at radius 2 is 0.948 bits per heavy atom. The van der Waals surface area contributed by atoms with E-state index in [4.69, 9.17) is 4.98 Å². The molecule has 1 unspecified atom stereocenters. The zero-order chi connectivity index (χ0) is 38.6. The molecule has 0 saturated heterocycles. The van der Waals surface area contributed by atoms with Gasteiger partial charge in [-0.3, -0.25) is 4.98 Å². The summed E-state index contributed by atoms with van der Waals surface area (Å²) in [6.07, 6.45) is 9.77. The van der Waals surface area contributed by atoms with Gasteiger partial charge in [0.15, 0.2) is 7.14 Å². The summed E-state index contributed by atoms with van der Waals surface area (Å²) in [7, 11) is -3.12. The fraction of sp³-hybridized carbons (Fsp3) is 0.0364. The number of rotatable bonds is 6. The minimum Gasteiger partial charge on any atom is -0.309 e. The molecule has 1 aliphatic rings. The molecule has 1 aromatic heterocycles. The maximum absolute atomic E-state index is 15.3. The molecule has 0 fully saturated rings. The van der Waals surface area contributed by atoms with Gasteiger partial charge >= 0.3 is 0 Å². The monoisotopic (exact) mass is 759 g/mol. The van der Waals surface area contributed by atoms with Crippen LogP contribution in [0, 0.1) is 0 Å². The van der Waals surface area contributed by atoms with Gasteiger partial charge in [-0.05, 0) is 73.1 Å². The molecule has 58 heavy (non-hydrogen) atoms. The highest BCUT2D eigenvalue weighted by molar-refractivity contribution is 7.85. The van der Waals surface area contributed by atoms with Crippen LogP contribution >= 0.6 is 7.14 Å². The molecule has 274 valence electrons. The van der Waals surface area contributed by atoms with Crippen LogP contribution in [-0.4, -0.2) is 4.98 Å². The number of benzene rings is 9. The predicted molar refractivity (Wildman–Crippen MR) is 248 cm³/mol. The topological polar surface area (TPSA) is 30.0 Å². The molecule has 0 amide bonds. The summed E-state index contributed by atoms with van der Waals surface area (Å²) in [6, 6.07) is 65.9. The smallest absolute Gasteiger partial charge is 0.171 e. The second kappa shape index (κ2) is 14.0. The zero-order valence-electron chi connectivity index (χ0n) is 31.8. The van der Waals surface area contributed by atoms with E-state index in [-0.39, 0.29) is 5.92 Å². The van der Waals surface area contributed by atoms with Crippen LogP contribution in [0.4, 0.5) is 0 Å². The van der Waals surface area contributed by atoms with Crippen molar-refractivity contribution < 1.29 is 4.57 Å². The van der Waals surface area contributed by atoms with Crippen molar-refractivity contribution in [2.24, 2.45) is 0 Å². The number of nitrogens with zero attached hydrogens (tertiary/aromatic N) is 1. The first-order valence-electron chi connectivity index (χ1n) is 20.0. The Hall–Kier alpha value is -6.86. The van der Waals surface area contributed by atoms with Gasteiger partial charge in [-0.15, -0.1) is 0 Å². The highest BCUT2D eigenvalue weighted by Gasteiger charge is 2.30. The zero-order valence-corrected chi connectivity index (χ0v) is 32.7. The Morgan fingerprint density at radius 3 is 1.53 bits per heavy atom. The maximum atomic E-state index is 15.3. The highest BCUT2D eigenvalue weighted by Crippen LogP contribution is 2.49. The maximum Gasteiger partial charge on any atom is 0.171 e. The standard InChI is InChI=1S/C55H38NOP/c57-58(39-20-6-2-7-21-39,40-22-8-3-9-23-40)41-34-32-37(33-35-41)52-44-26-12-14-28-46(44)53(47-29-15-13-27-45(47)52)49-36-50-54(43-25-11-10-24-42(43)49)48-30-16-17-31-51(48)56-55(50)38-18-4-1-5-19-38/h1-18,20-36,38H,19H2. The van der Waals surface area contributed by atoms with Crippen LogP contribution in [0.25, 0.3) is 76.2 Å². The molecule has 1 atom stereocenters. The van der Waals surface area contributed by atoms with Gasteiger partial charge in [0.25, 0.3) is 0 Å². The summed E-state index contributed by atoms with van der Waals surface area (Å²) >= 11 is 0. The molecule has 0 radical (unpaired) electrons. The van der Waals surface area contributed by atoms with Crippen molar-refractivity contribution in [3.8, 4) is 22.3 Å². The van der Waals surface area contributed by atoms with E-state index in [9.17, 15) is 0 Å². The van der Waals surface area contributed by atoms with E-state index in [0.29, 0.717) is 0 Å². The average Bonchev–Trinajstić information content (AvgIpc) is 3.31. The molecular weight excluding hydrogens is 722 g/mol. The summed E-state index contributed by atoms with van der Waals surface area (Å²) in [4.78, 5) is 5.40. The molecule has 0 spiro atoms. The van der Waals surface area contributed by atoms with Gasteiger partial charge in [-0.2, -0.15) is 0 Å². The lowest BCUT2D eigenvalue weighted by Crippen LogP contribution is -2.24. The summed E-state index contributed by atoms with van der Waals surface area (Å²) in [5.74, 6) is 0.184. The molecule has 10 aromatic rings. The molecular formula is C55H38NOP. The minimum atomic E-state index is -3.12. The second-order valence-corrected chi connectivity index (χ2v) is 18.0. The molecule has 0 saturated carbocycles. The first-order valence-corrected chi connectivity index (χ1v) is 21.7. The van der Waals surface area contributed by atoms with Gasteiger partial charge < -0.3 is 4.57 Å². The molecule has 3 heteroatoms. The van der Waals surface area contributed by atoms with E-state index >= 15 is 4.57 Å². The lowest BCUT2D eigenvalue weighted by Gasteiger charge is -2.22. The van der Waals surface area contributed by atoms with E-state index in [1.807, 2.05) is 60.7 Å². The summed E-state index contributed by atoms with van der Waals surface area (Å²) < 4.78 is 15.3. The highest BCUT2D eigenvalue weighted by atomic mass is 31.2. The van der Waals surface area contributed by atoms with Crippen LogP contribution in [0.1, 0.15) is 18.0 Å². The molecule has 2 nitrogen and oxygen atoms in total. The van der Waals surface area contributed by atoms with E-state index in [2.05, 4.69) is 152 Å². The molecule has 0 N–H and O–H groups in total. The van der Waals surface area contributed by atoms with Crippen LogP contribution in [0.3, 0.4) is 0 Å². The van der Waals surface area contributed by atoms with Crippen LogP contribution in [0.5, 0.6) is 0 Å². The molecule has 9 aromatic carbocycles. The largest absolute Gasteiger partial charge is 0.309 e. The molecule has 0 bridgehead atoms. The minimum absolute atomic E-state index is 0.184. The van der Waals surface area contributed by atoms with Crippen molar-refractivity contribution in [1.82, 2.24) is 4.98 Å². The average molecular weight is 760 g/mol. The molecule has 1 heterocycles. The van der Waals surface area contributed by atoms with Crippen molar-refractivity contribution >= 4 is 77.0 Å². The Morgan fingerprint density at radius 1 is 0.448 bits per heavy atom. The molecule has 0 aliphatic heterocycles. The summed E-state index contributed by atoms with van der Waals surface area (Å²) in [5, 5.41) is 13.3. The van der Waals surface area contributed by atoms with Crippen molar-refractivity contribution in [3.05, 3.63) is 218 Å². The molecule has 11 rings (SSSR count). The van der Waals surface area contributed by atoms with E-state index in [0.717, 1.165) is 39.1 Å². The van der Waals surface area contributed by atoms with Gasteiger partial charge in [0, 0.05) is 38.0 Å². The predicted octanol–water partition coefficient (Wildman–Crippen LogP) is 13.4. The third-order valence-electron chi connectivity index (χ3n) is 12.0. The van der Waals surface area contributed by atoms with Gasteiger partial charge in [-0.25, -0.2) is 0 Å². The van der Waals surface area contributed by atoms with Gasteiger partial charge in [0.1, 0.15) is 0 Å². The fourth-order valence-electron chi connectivity index (χ4n) is 9.40. The first-order chi connectivity index (χ1) is 28.7. The number of pyridine rings is 1. The molecule has 1 aliphatic carbocycles. The van der Waals surface area contributed by atoms with E-state index in [1.165, 1.54) is 65.2 Å². The second-order valence-electron chi connectivity index (χ2n) is 15.2. The third kappa shape index (κ3) is 5.41. The van der Waals surface area contributed by atoms with E-state index < -0.39 is 7.14 Å². The van der Waals surface area contributed by atoms with E-state index in [1.54, 1.807) is 0 Å².